The molecule has 0 amide bonds. The molecular weight excluding hydrogens is 957 g/mol. The molecule has 0 aliphatic carbocycles. The molecule has 0 radical (unpaired) electrons. The molecule has 78 heavy (non-hydrogen) atoms. The summed E-state index contributed by atoms with van der Waals surface area (Å²) in [5.41, 5.74) is 0. The molecule has 0 saturated heterocycles. The zero-order valence-electron chi connectivity index (χ0n) is 51.4. The van der Waals surface area contributed by atoms with Crippen LogP contribution in [0.25, 0.3) is 0 Å². The van der Waals surface area contributed by atoms with Crippen LogP contribution in [0.2, 0.25) is 0 Å². The Balaban J connectivity index is 3.53. The minimum atomic E-state index is -0.798. The summed E-state index contributed by atoms with van der Waals surface area (Å²) in [6.07, 6.45) is 98.3. The Morgan fingerprint density at radius 1 is 0.308 bits per heavy atom. The predicted molar refractivity (Wildman–Crippen MR) is 343 cm³/mol. The van der Waals surface area contributed by atoms with Gasteiger partial charge in [-0.1, -0.05) is 335 Å². The summed E-state index contributed by atoms with van der Waals surface area (Å²) < 4.78 is 10.7. The van der Waals surface area contributed by atoms with Crippen LogP contribution in [0.3, 0.4) is 0 Å². The van der Waals surface area contributed by atoms with Crippen molar-refractivity contribution in [2.75, 3.05) is 13.2 Å². The molecule has 0 fully saturated rings. The number of aliphatic hydroxyl groups is 1. The summed E-state index contributed by atoms with van der Waals surface area (Å²) in [6, 6.07) is 0. The van der Waals surface area contributed by atoms with Gasteiger partial charge in [-0.15, -0.1) is 0 Å². The van der Waals surface area contributed by atoms with Crippen LogP contribution < -0.4 is 0 Å². The largest absolute Gasteiger partial charge is 0.462 e. The molecule has 0 aromatic rings. The average Bonchev–Trinajstić information content (AvgIpc) is 3.44. The highest BCUT2D eigenvalue weighted by molar-refractivity contribution is 5.70. The van der Waals surface area contributed by atoms with Crippen molar-refractivity contribution in [2.24, 2.45) is 0 Å². The van der Waals surface area contributed by atoms with Crippen molar-refractivity contribution in [3.8, 4) is 0 Å². The van der Waals surface area contributed by atoms with Gasteiger partial charge in [0.05, 0.1) is 6.61 Å². The van der Waals surface area contributed by atoms with Gasteiger partial charge in [0.25, 0.3) is 0 Å². The molecule has 1 N–H and O–H groups in total. The van der Waals surface area contributed by atoms with E-state index in [-0.39, 0.29) is 25.2 Å². The lowest BCUT2D eigenvalue weighted by atomic mass is 10.0. The van der Waals surface area contributed by atoms with Crippen LogP contribution in [0.5, 0.6) is 0 Å². The normalized spacial score (nSPS) is 12.9. The molecule has 0 aliphatic rings. The van der Waals surface area contributed by atoms with E-state index in [1.165, 1.54) is 193 Å². The molecule has 448 valence electrons. The van der Waals surface area contributed by atoms with Crippen LogP contribution in [-0.2, 0) is 19.1 Å². The molecular formula is C73H126O5. The fourth-order valence-corrected chi connectivity index (χ4v) is 9.61. The number of ether oxygens (including phenoxy) is 2. The summed E-state index contributed by atoms with van der Waals surface area (Å²) in [6.45, 7) is 4.03. The maximum atomic E-state index is 12.3. The number of unbranched alkanes of at least 4 members (excludes halogenated alkanes) is 35. The van der Waals surface area contributed by atoms with Crippen LogP contribution in [0.15, 0.2) is 109 Å². The first-order valence-electron chi connectivity index (χ1n) is 33.4. The number of carbonyl (C=O) groups excluding carboxylic acids is 2. The van der Waals surface area contributed by atoms with Gasteiger partial charge in [-0.25, -0.2) is 0 Å². The number of hydrogen-bond acceptors (Lipinski definition) is 5. The number of esters is 2. The zero-order chi connectivity index (χ0) is 56.2. The molecule has 0 saturated carbocycles. The fourth-order valence-electron chi connectivity index (χ4n) is 9.61. The number of carbonyl (C=O) groups is 2. The highest BCUT2D eigenvalue weighted by atomic mass is 16.6. The monoisotopic (exact) mass is 1080 g/mol. The Bertz CT molecular complexity index is 1510. The Hall–Kier alpha value is -3.44. The summed E-state index contributed by atoms with van der Waals surface area (Å²) in [5, 5.41) is 9.68. The minimum Gasteiger partial charge on any atom is -0.462 e. The first kappa shape index (κ1) is 74.6. The van der Waals surface area contributed by atoms with Gasteiger partial charge in [0.2, 0.25) is 0 Å². The van der Waals surface area contributed by atoms with Crippen molar-refractivity contribution in [3.63, 3.8) is 0 Å². The van der Waals surface area contributed by atoms with Crippen molar-refractivity contribution in [1.29, 1.82) is 0 Å². The maximum absolute atomic E-state index is 12.3. The van der Waals surface area contributed by atoms with Crippen molar-refractivity contribution >= 4 is 11.9 Å². The van der Waals surface area contributed by atoms with Gasteiger partial charge in [-0.3, -0.25) is 9.59 Å². The van der Waals surface area contributed by atoms with E-state index in [1.807, 2.05) is 0 Å². The van der Waals surface area contributed by atoms with Crippen molar-refractivity contribution in [2.45, 2.75) is 328 Å². The quantitative estimate of drug-likeness (QED) is 0.0373. The van der Waals surface area contributed by atoms with Crippen LogP contribution in [0.4, 0.5) is 0 Å². The van der Waals surface area contributed by atoms with Crippen LogP contribution in [-0.4, -0.2) is 36.4 Å². The lowest BCUT2D eigenvalue weighted by Gasteiger charge is -2.15. The Morgan fingerprint density at radius 3 is 0.833 bits per heavy atom. The van der Waals surface area contributed by atoms with E-state index >= 15 is 0 Å². The van der Waals surface area contributed by atoms with Crippen molar-refractivity contribution in [1.82, 2.24) is 0 Å². The third-order valence-corrected chi connectivity index (χ3v) is 14.6. The molecule has 1 atom stereocenters. The number of hydrogen-bond donors (Lipinski definition) is 1. The van der Waals surface area contributed by atoms with E-state index in [0.717, 1.165) is 103 Å². The second-order valence-corrected chi connectivity index (χ2v) is 22.2. The van der Waals surface area contributed by atoms with E-state index in [1.54, 1.807) is 0 Å². The standard InChI is InChI=1S/C73H126O5/c1-3-5-7-9-11-13-15-17-19-21-23-25-27-29-31-33-35-36-38-39-41-43-45-47-49-51-53-55-57-59-61-63-65-67-72(75)77-70-71(69-74)78-73(76)68-66-64-62-60-58-56-54-52-50-48-46-44-42-40-37-34-32-30-28-26-24-22-20-18-16-14-12-10-8-6-4-2/h6,8,12,14,18,20,24,26,30,32,37,40,44,46,50,52,56,58,71,74H,3-5,7,9-11,13,15-17,19,21-23,25,27-29,31,33-36,38-39,41-43,45,47-49,51,53-55,57,59-70H2,1-2H3/b8-6-,14-12-,20-18-,26-24-,32-30-,40-37-,46-44-,52-50-,58-56-. The zero-order valence-corrected chi connectivity index (χ0v) is 51.4. The van der Waals surface area contributed by atoms with Crippen LogP contribution in [0, 0.1) is 0 Å². The molecule has 0 heterocycles. The molecule has 5 heteroatoms. The topological polar surface area (TPSA) is 72.8 Å². The first-order valence-corrected chi connectivity index (χ1v) is 33.4. The SMILES string of the molecule is CC/C=C\C/C=C\C/C=C\C/C=C\C/C=C\C/C=C\C/C=C\C/C=C\C/C=C\CCCCCC(=O)OC(CO)COC(=O)CCCCCCCCCCCCCCCCCCCCCCCCCCCCCCCCCCC. The van der Waals surface area contributed by atoms with Gasteiger partial charge in [0.1, 0.15) is 6.61 Å². The molecule has 0 aliphatic heterocycles. The van der Waals surface area contributed by atoms with Gasteiger partial charge >= 0.3 is 11.9 Å². The van der Waals surface area contributed by atoms with E-state index in [2.05, 4.69) is 123 Å². The third-order valence-electron chi connectivity index (χ3n) is 14.6. The number of rotatable bonds is 61. The molecule has 0 spiro atoms. The van der Waals surface area contributed by atoms with Gasteiger partial charge in [-0.05, 0) is 83.5 Å². The number of allylic oxidation sites excluding steroid dienone is 18. The third kappa shape index (κ3) is 65.1. The van der Waals surface area contributed by atoms with Gasteiger partial charge in [0.15, 0.2) is 6.10 Å². The highest BCUT2D eigenvalue weighted by Crippen LogP contribution is 2.18. The average molecular weight is 1080 g/mol. The molecule has 1 unspecified atom stereocenters. The summed E-state index contributed by atoms with van der Waals surface area (Å²) in [5.74, 6) is -0.623. The van der Waals surface area contributed by atoms with Crippen LogP contribution in [0.1, 0.15) is 322 Å². The number of aliphatic hydroxyl groups excluding tert-OH is 1. The highest BCUT2D eigenvalue weighted by Gasteiger charge is 2.16. The van der Waals surface area contributed by atoms with Crippen LogP contribution >= 0.6 is 0 Å². The fraction of sp³-hybridized carbons (Fsp3) is 0.726. The molecule has 0 aromatic heterocycles. The van der Waals surface area contributed by atoms with E-state index < -0.39 is 6.10 Å². The van der Waals surface area contributed by atoms with Gasteiger partial charge < -0.3 is 14.6 Å². The van der Waals surface area contributed by atoms with Crippen molar-refractivity contribution in [3.05, 3.63) is 109 Å². The van der Waals surface area contributed by atoms with E-state index in [4.69, 9.17) is 9.47 Å². The summed E-state index contributed by atoms with van der Waals surface area (Å²) >= 11 is 0. The summed E-state index contributed by atoms with van der Waals surface area (Å²) in [4.78, 5) is 24.6. The molecule has 0 bridgehead atoms. The molecule has 0 aromatic carbocycles. The van der Waals surface area contributed by atoms with E-state index in [9.17, 15) is 14.7 Å². The second kappa shape index (κ2) is 67.8. The Kier molecular flexibility index (Phi) is 64.8. The maximum Gasteiger partial charge on any atom is 0.306 e. The lowest BCUT2D eigenvalue weighted by molar-refractivity contribution is -0.161. The second-order valence-electron chi connectivity index (χ2n) is 22.2. The first-order chi connectivity index (χ1) is 38.6. The van der Waals surface area contributed by atoms with Gasteiger partial charge in [0, 0.05) is 12.8 Å². The van der Waals surface area contributed by atoms with Gasteiger partial charge in [-0.2, -0.15) is 0 Å². The lowest BCUT2D eigenvalue weighted by Crippen LogP contribution is -2.28. The molecule has 5 nitrogen and oxygen atoms in total. The smallest absolute Gasteiger partial charge is 0.306 e. The van der Waals surface area contributed by atoms with Crippen molar-refractivity contribution < 1.29 is 24.2 Å². The minimum absolute atomic E-state index is 0.0828. The predicted octanol–water partition coefficient (Wildman–Crippen LogP) is 23.2. The summed E-state index contributed by atoms with van der Waals surface area (Å²) in [7, 11) is 0. The van der Waals surface area contributed by atoms with E-state index in [0.29, 0.717) is 12.8 Å². The Labute approximate surface area is 484 Å². The molecule has 0 rings (SSSR count). The Morgan fingerprint density at radius 2 is 0.551 bits per heavy atom.